The first-order chi connectivity index (χ1) is 14.6. The van der Waals surface area contributed by atoms with Gasteiger partial charge in [0.05, 0.1) is 19.0 Å². The molecule has 9 heteroatoms. The van der Waals surface area contributed by atoms with Gasteiger partial charge >= 0.3 is 0 Å². The second kappa shape index (κ2) is 8.38. The van der Waals surface area contributed by atoms with Crippen LogP contribution in [0.2, 0.25) is 5.02 Å². The van der Waals surface area contributed by atoms with Crippen molar-refractivity contribution >= 4 is 28.5 Å². The number of carbonyl (C=O) groups excluding carboxylic acids is 1. The van der Waals surface area contributed by atoms with Gasteiger partial charge in [-0.25, -0.2) is 9.67 Å². The number of rotatable bonds is 6. The Morgan fingerprint density at radius 3 is 2.77 bits per heavy atom. The van der Waals surface area contributed by atoms with Crippen molar-refractivity contribution in [3.05, 3.63) is 82.0 Å². The van der Waals surface area contributed by atoms with E-state index in [2.05, 4.69) is 15.4 Å². The Morgan fingerprint density at radius 1 is 1.20 bits per heavy atom. The van der Waals surface area contributed by atoms with Crippen LogP contribution in [0.5, 0.6) is 5.75 Å². The fraction of sp³-hybridized carbons (Fsp3) is 0.143. The minimum absolute atomic E-state index is 0.166. The summed E-state index contributed by atoms with van der Waals surface area (Å²) in [5.41, 5.74) is 1.64. The van der Waals surface area contributed by atoms with E-state index in [-0.39, 0.29) is 24.6 Å². The number of hydrogen-bond acceptors (Lipinski definition) is 5. The number of nitrogens with zero attached hydrogens (tertiary/aromatic N) is 4. The third kappa shape index (κ3) is 3.90. The molecule has 8 nitrogen and oxygen atoms in total. The molecule has 152 valence electrons. The van der Waals surface area contributed by atoms with E-state index in [1.165, 1.54) is 17.1 Å². The van der Waals surface area contributed by atoms with Crippen molar-refractivity contribution in [3.63, 3.8) is 0 Å². The highest BCUT2D eigenvalue weighted by molar-refractivity contribution is 6.30. The predicted octanol–water partition coefficient (Wildman–Crippen LogP) is 2.56. The Morgan fingerprint density at radius 2 is 2.00 bits per heavy atom. The van der Waals surface area contributed by atoms with Gasteiger partial charge in [0.2, 0.25) is 5.91 Å². The minimum atomic E-state index is -0.337. The number of hydrogen-bond donors (Lipinski definition) is 1. The van der Waals surface area contributed by atoms with E-state index in [0.717, 1.165) is 11.3 Å². The lowest BCUT2D eigenvalue weighted by Crippen LogP contribution is -2.32. The van der Waals surface area contributed by atoms with Crippen LogP contribution in [-0.2, 0) is 17.9 Å². The van der Waals surface area contributed by atoms with Crippen molar-refractivity contribution in [2.45, 2.75) is 13.1 Å². The fourth-order valence-electron chi connectivity index (χ4n) is 3.11. The number of para-hydroxylation sites is 1. The van der Waals surface area contributed by atoms with Gasteiger partial charge in [0.15, 0.2) is 5.65 Å². The van der Waals surface area contributed by atoms with E-state index in [0.29, 0.717) is 21.8 Å². The van der Waals surface area contributed by atoms with E-state index < -0.39 is 0 Å². The quantitative estimate of drug-likeness (QED) is 0.514. The molecule has 0 unspecified atom stereocenters. The Balaban J connectivity index is 1.52. The lowest BCUT2D eigenvalue weighted by Gasteiger charge is -2.11. The summed E-state index contributed by atoms with van der Waals surface area (Å²) in [5.74, 6) is 0.281. The number of halogens is 1. The molecule has 0 spiro atoms. The summed E-state index contributed by atoms with van der Waals surface area (Å²) >= 11 is 6.01. The summed E-state index contributed by atoms with van der Waals surface area (Å²) in [6.45, 7) is 0.0557. The second-order valence-electron chi connectivity index (χ2n) is 6.54. The first kappa shape index (κ1) is 19.7. The Labute approximate surface area is 176 Å². The molecule has 4 aromatic rings. The van der Waals surface area contributed by atoms with Gasteiger partial charge in [-0.3, -0.25) is 14.2 Å². The van der Waals surface area contributed by atoms with Crippen molar-refractivity contribution < 1.29 is 9.53 Å². The Hall–Kier alpha value is -3.65. The van der Waals surface area contributed by atoms with Crippen LogP contribution < -0.4 is 15.6 Å². The number of nitrogens with one attached hydrogen (secondary N) is 1. The number of benzene rings is 2. The SMILES string of the molecule is COc1ccc(Cl)cc1CNC(=O)Cn1cnc2c(cnn2-c2ccccc2)c1=O. The molecule has 0 fully saturated rings. The van der Waals surface area contributed by atoms with E-state index in [1.54, 1.807) is 30.0 Å². The highest BCUT2D eigenvalue weighted by atomic mass is 35.5. The van der Waals surface area contributed by atoms with Gasteiger partial charge in [-0.1, -0.05) is 29.8 Å². The number of fused-ring (bicyclic) bond motifs is 1. The monoisotopic (exact) mass is 423 g/mol. The first-order valence-corrected chi connectivity index (χ1v) is 9.52. The summed E-state index contributed by atoms with van der Waals surface area (Å²) in [6.07, 6.45) is 2.81. The summed E-state index contributed by atoms with van der Waals surface area (Å²) < 4.78 is 8.12. The molecule has 30 heavy (non-hydrogen) atoms. The largest absolute Gasteiger partial charge is 0.496 e. The summed E-state index contributed by atoms with van der Waals surface area (Å²) in [4.78, 5) is 29.5. The highest BCUT2D eigenvalue weighted by Crippen LogP contribution is 2.22. The standard InChI is InChI=1S/C21H18ClN5O3/c1-30-18-8-7-15(22)9-14(18)10-23-19(28)12-26-13-24-20-17(21(26)29)11-25-27(20)16-5-3-2-4-6-16/h2-9,11,13H,10,12H2,1H3,(H,23,28). The summed E-state index contributed by atoms with van der Waals surface area (Å²) in [5, 5.41) is 7.92. The molecule has 1 amide bonds. The maximum absolute atomic E-state index is 12.8. The lowest BCUT2D eigenvalue weighted by molar-refractivity contribution is -0.121. The zero-order chi connectivity index (χ0) is 21.1. The molecule has 0 saturated heterocycles. The van der Waals surface area contributed by atoms with Crippen molar-refractivity contribution in [2.24, 2.45) is 0 Å². The summed E-state index contributed by atoms with van der Waals surface area (Å²) in [7, 11) is 1.55. The number of aromatic nitrogens is 4. The molecular formula is C21H18ClN5O3. The molecule has 2 aromatic heterocycles. The van der Waals surface area contributed by atoms with Crippen LogP contribution in [0.3, 0.4) is 0 Å². The molecule has 0 radical (unpaired) electrons. The van der Waals surface area contributed by atoms with Crippen molar-refractivity contribution in [2.75, 3.05) is 7.11 Å². The first-order valence-electron chi connectivity index (χ1n) is 9.14. The molecule has 0 aliphatic rings. The number of ether oxygens (including phenoxy) is 1. The molecule has 2 heterocycles. The van der Waals surface area contributed by atoms with Crippen LogP contribution >= 0.6 is 11.6 Å². The van der Waals surface area contributed by atoms with Crippen LogP contribution in [0, 0.1) is 0 Å². The van der Waals surface area contributed by atoms with Gasteiger partial charge in [-0.05, 0) is 30.3 Å². The second-order valence-corrected chi connectivity index (χ2v) is 6.98. The highest BCUT2D eigenvalue weighted by Gasteiger charge is 2.13. The van der Waals surface area contributed by atoms with Gasteiger partial charge in [-0.15, -0.1) is 0 Å². The van der Waals surface area contributed by atoms with Gasteiger partial charge in [0.25, 0.3) is 5.56 Å². The average Bonchev–Trinajstić information content (AvgIpc) is 3.20. The maximum Gasteiger partial charge on any atom is 0.264 e. The third-order valence-corrected chi connectivity index (χ3v) is 4.82. The molecule has 0 bridgehead atoms. The van der Waals surface area contributed by atoms with E-state index >= 15 is 0 Å². The van der Waals surface area contributed by atoms with Gasteiger partial charge < -0.3 is 10.1 Å². The molecule has 2 aromatic carbocycles. The fourth-order valence-corrected chi connectivity index (χ4v) is 3.30. The van der Waals surface area contributed by atoms with Crippen LogP contribution in [0.25, 0.3) is 16.7 Å². The number of methoxy groups -OCH3 is 1. The zero-order valence-corrected chi connectivity index (χ0v) is 16.8. The van der Waals surface area contributed by atoms with E-state index in [4.69, 9.17) is 16.3 Å². The molecule has 1 N–H and O–H groups in total. The lowest BCUT2D eigenvalue weighted by atomic mass is 10.2. The molecule has 0 saturated carbocycles. The van der Waals surface area contributed by atoms with Crippen molar-refractivity contribution in [3.8, 4) is 11.4 Å². The Bertz CT molecular complexity index is 1270. The van der Waals surface area contributed by atoms with E-state index in [9.17, 15) is 9.59 Å². The normalized spacial score (nSPS) is 10.9. The Kier molecular flexibility index (Phi) is 5.49. The molecular weight excluding hydrogens is 406 g/mol. The predicted molar refractivity (Wildman–Crippen MR) is 113 cm³/mol. The third-order valence-electron chi connectivity index (χ3n) is 4.59. The topological polar surface area (TPSA) is 91.0 Å². The van der Waals surface area contributed by atoms with Gasteiger partial charge in [-0.2, -0.15) is 5.10 Å². The van der Waals surface area contributed by atoms with Crippen LogP contribution in [0.15, 0.2) is 65.8 Å². The molecule has 0 aliphatic carbocycles. The van der Waals surface area contributed by atoms with Crippen LogP contribution in [0.1, 0.15) is 5.56 Å². The number of amides is 1. The van der Waals surface area contributed by atoms with E-state index in [1.807, 2.05) is 30.3 Å². The minimum Gasteiger partial charge on any atom is -0.496 e. The maximum atomic E-state index is 12.8. The van der Waals surface area contributed by atoms with Crippen molar-refractivity contribution in [1.82, 2.24) is 24.6 Å². The van der Waals surface area contributed by atoms with Gasteiger partial charge in [0, 0.05) is 17.1 Å². The van der Waals surface area contributed by atoms with Crippen molar-refractivity contribution in [1.29, 1.82) is 0 Å². The van der Waals surface area contributed by atoms with Crippen LogP contribution in [-0.4, -0.2) is 32.3 Å². The smallest absolute Gasteiger partial charge is 0.264 e. The average molecular weight is 424 g/mol. The molecule has 4 rings (SSSR count). The molecule has 0 atom stereocenters. The molecule has 0 aliphatic heterocycles. The van der Waals surface area contributed by atoms with Crippen LogP contribution in [0.4, 0.5) is 0 Å². The zero-order valence-electron chi connectivity index (χ0n) is 16.1. The number of carbonyl (C=O) groups is 1. The summed E-state index contributed by atoms with van der Waals surface area (Å²) in [6, 6.07) is 14.6. The van der Waals surface area contributed by atoms with Gasteiger partial charge in [0.1, 0.15) is 24.0 Å².